The van der Waals surface area contributed by atoms with E-state index in [1.54, 1.807) is 14.2 Å². The van der Waals surface area contributed by atoms with Gasteiger partial charge in [0, 0.05) is 24.0 Å². The summed E-state index contributed by atoms with van der Waals surface area (Å²) in [4.78, 5) is 9.10. The molecule has 0 amide bonds. The third-order valence-corrected chi connectivity index (χ3v) is 4.41. The zero-order valence-corrected chi connectivity index (χ0v) is 16.7. The smallest absolute Gasteiger partial charge is 0.225 e. The first-order valence-corrected chi connectivity index (χ1v) is 9.28. The predicted molar refractivity (Wildman–Crippen MR) is 113 cm³/mol. The van der Waals surface area contributed by atoms with Crippen molar-refractivity contribution in [2.24, 2.45) is 0 Å². The van der Waals surface area contributed by atoms with Crippen LogP contribution in [0.2, 0.25) is 0 Å². The van der Waals surface area contributed by atoms with Gasteiger partial charge in [-0.3, -0.25) is 0 Å². The maximum Gasteiger partial charge on any atom is 0.225 e. The number of ether oxygens (including phenoxy) is 2. The molecule has 0 saturated carbocycles. The Morgan fingerprint density at radius 2 is 1.71 bits per heavy atom. The first-order valence-electron chi connectivity index (χ1n) is 9.28. The summed E-state index contributed by atoms with van der Waals surface area (Å²) in [6.45, 7) is 4.68. The Hall–Kier alpha value is -3.28. The van der Waals surface area contributed by atoms with Crippen LogP contribution in [0.1, 0.15) is 23.7 Å². The molecular weight excluding hydrogens is 352 g/mol. The SMILES string of the molecule is CCc1ccccc1Nc1cc(C)nc(NCc2ccc(OC)c(OC)c2)n1. The molecule has 1 heterocycles. The van der Waals surface area contributed by atoms with Gasteiger partial charge in [-0.05, 0) is 42.7 Å². The van der Waals surface area contributed by atoms with Crippen molar-refractivity contribution in [1.82, 2.24) is 9.97 Å². The maximum absolute atomic E-state index is 5.36. The Kier molecular flexibility index (Phi) is 6.32. The van der Waals surface area contributed by atoms with E-state index >= 15 is 0 Å². The molecule has 2 aromatic carbocycles. The van der Waals surface area contributed by atoms with Gasteiger partial charge in [-0.1, -0.05) is 31.2 Å². The Morgan fingerprint density at radius 1 is 0.929 bits per heavy atom. The van der Waals surface area contributed by atoms with Crippen LogP contribution in [0.25, 0.3) is 0 Å². The molecule has 6 heteroatoms. The van der Waals surface area contributed by atoms with E-state index < -0.39 is 0 Å². The highest BCUT2D eigenvalue weighted by Gasteiger charge is 2.07. The quantitative estimate of drug-likeness (QED) is 0.591. The normalized spacial score (nSPS) is 10.4. The first kappa shape index (κ1) is 19.5. The summed E-state index contributed by atoms with van der Waals surface area (Å²) >= 11 is 0. The van der Waals surface area contributed by atoms with E-state index in [9.17, 15) is 0 Å². The van der Waals surface area contributed by atoms with Crippen molar-refractivity contribution in [2.75, 3.05) is 24.9 Å². The van der Waals surface area contributed by atoms with Crippen molar-refractivity contribution >= 4 is 17.5 Å². The zero-order chi connectivity index (χ0) is 19.9. The van der Waals surface area contributed by atoms with Crippen molar-refractivity contribution in [3.05, 3.63) is 65.4 Å². The van der Waals surface area contributed by atoms with Gasteiger partial charge in [0.05, 0.1) is 14.2 Å². The van der Waals surface area contributed by atoms with Crippen LogP contribution < -0.4 is 20.1 Å². The highest BCUT2D eigenvalue weighted by molar-refractivity contribution is 5.61. The fraction of sp³-hybridized carbons (Fsp3) is 0.273. The van der Waals surface area contributed by atoms with Crippen LogP contribution in [-0.2, 0) is 13.0 Å². The van der Waals surface area contributed by atoms with Gasteiger partial charge >= 0.3 is 0 Å². The fourth-order valence-corrected chi connectivity index (χ4v) is 2.97. The van der Waals surface area contributed by atoms with E-state index in [1.807, 2.05) is 43.3 Å². The molecule has 3 aromatic rings. The second-order valence-electron chi connectivity index (χ2n) is 6.40. The van der Waals surface area contributed by atoms with Gasteiger partial charge in [0.2, 0.25) is 5.95 Å². The molecule has 146 valence electrons. The van der Waals surface area contributed by atoms with Crippen LogP contribution in [0.3, 0.4) is 0 Å². The minimum Gasteiger partial charge on any atom is -0.493 e. The number of hydrogen-bond acceptors (Lipinski definition) is 6. The van der Waals surface area contributed by atoms with Crippen LogP contribution in [0.15, 0.2) is 48.5 Å². The second kappa shape index (κ2) is 9.08. The number of para-hydroxylation sites is 1. The molecule has 0 radical (unpaired) electrons. The van der Waals surface area contributed by atoms with Gasteiger partial charge in [0.1, 0.15) is 5.82 Å². The number of benzene rings is 2. The first-order chi connectivity index (χ1) is 13.6. The van der Waals surface area contributed by atoms with Crippen LogP contribution in [0.4, 0.5) is 17.5 Å². The molecule has 0 bridgehead atoms. The summed E-state index contributed by atoms with van der Waals surface area (Å²) < 4.78 is 10.6. The van der Waals surface area contributed by atoms with Crippen molar-refractivity contribution in [1.29, 1.82) is 0 Å². The largest absolute Gasteiger partial charge is 0.493 e. The topological polar surface area (TPSA) is 68.3 Å². The van der Waals surface area contributed by atoms with Crippen LogP contribution in [0.5, 0.6) is 11.5 Å². The lowest BCUT2D eigenvalue weighted by molar-refractivity contribution is 0.354. The molecule has 0 aliphatic carbocycles. The molecule has 0 fully saturated rings. The molecule has 0 unspecified atom stereocenters. The molecule has 28 heavy (non-hydrogen) atoms. The average Bonchev–Trinajstić information content (AvgIpc) is 2.72. The van der Waals surface area contributed by atoms with Crippen molar-refractivity contribution in [3.63, 3.8) is 0 Å². The van der Waals surface area contributed by atoms with E-state index in [4.69, 9.17) is 9.47 Å². The van der Waals surface area contributed by atoms with E-state index in [1.165, 1.54) is 5.56 Å². The van der Waals surface area contributed by atoms with Crippen molar-refractivity contribution in [3.8, 4) is 11.5 Å². The van der Waals surface area contributed by atoms with Gasteiger partial charge in [0.25, 0.3) is 0 Å². The van der Waals surface area contributed by atoms with Gasteiger partial charge in [-0.15, -0.1) is 0 Å². The third kappa shape index (κ3) is 4.71. The number of methoxy groups -OCH3 is 2. The van der Waals surface area contributed by atoms with Crippen molar-refractivity contribution in [2.45, 2.75) is 26.8 Å². The van der Waals surface area contributed by atoms with Crippen LogP contribution in [0, 0.1) is 6.92 Å². The monoisotopic (exact) mass is 378 g/mol. The van der Waals surface area contributed by atoms with Crippen molar-refractivity contribution < 1.29 is 9.47 Å². The summed E-state index contributed by atoms with van der Waals surface area (Å²) in [5.41, 5.74) is 4.25. The lowest BCUT2D eigenvalue weighted by Gasteiger charge is -2.13. The minimum absolute atomic E-state index is 0.575. The molecule has 1 aromatic heterocycles. The summed E-state index contributed by atoms with van der Waals surface area (Å²) in [5.74, 6) is 2.75. The van der Waals surface area contributed by atoms with E-state index in [2.05, 4.69) is 39.7 Å². The van der Waals surface area contributed by atoms with Gasteiger partial charge < -0.3 is 20.1 Å². The second-order valence-corrected chi connectivity index (χ2v) is 6.40. The molecule has 0 spiro atoms. The van der Waals surface area contributed by atoms with E-state index in [0.29, 0.717) is 24.0 Å². The summed E-state index contributed by atoms with van der Waals surface area (Å²) in [5, 5.41) is 6.70. The van der Waals surface area contributed by atoms with E-state index in [0.717, 1.165) is 29.2 Å². The predicted octanol–water partition coefficient (Wildman–Crippen LogP) is 4.72. The molecule has 0 aliphatic heterocycles. The summed E-state index contributed by atoms with van der Waals surface area (Å²) in [6.07, 6.45) is 0.956. The Labute approximate surface area is 166 Å². The molecular formula is C22H26N4O2. The standard InChI is InChI=1S/C22H26N4O2/c1-5-17-8-6-7-9-18(17)25-21-12-15(2)24-22(26-21)23-14-16-10-11-19(27-3)20(13-16)28-4/h6-13H,5,14H2,1-4H3,(H2,23,24,25,26). The molecule has 6 nitrogen and oxygen atoms in total. The highest BCUT2D eigenvalue weighted by Crippen LogP contribution is 2.28. The van der Waals surface area contributed by atoms with E-state index in [-0.39, 0.29) is 0 Å². The lowest BCUT2D eigenvalue weighted by atomic mass is 10.1. The highest BCUT2D eigenvalue weighted by atomic mass is 16.5. The lowest BCUT2D eigenvalue weighted by Crippen LogP contribution is -2.07. The number of nitrogens with zero attached hydrogens (tertiary/aromatic N) is 2. The number of anilines is 3. The molecule has 3 rings (SSSR count). The Bertz CT molecular complexity index is 944. The van der Waals surface area contributed by atoms with Gasteiger partial charge in [-0.25, -0.2) is 4.98 Å². The molecule has 0 saturated heterocycles. The number of aromatic nitrogens is 2. The zero-order valence-electron chi connectivity index (χ0n) is 16.7. The Balaban J connectivity index is 1.75. The Morgan fingerprint density at radius 3 is 2.46 bits per heavy atom. The molecule has 2 N–H and O–H groups in total. The van der Waals surface area contributed by atoms with Crippen LogP contribution >= 0.6 is 0 Å². The minimum atomic E-state index is 0.575. The average molecular weight is 378 g/mol. The van der Waals surface area contributed by atoms with Crippen LogP contribution in [-0.4, -0.2) is 24.2 Å². The number of aryl methyl sites for hydroxylation is 2. The number of hydrogen-bond donors (Lipinski definition) is 2. The van der Waals surface area contributed by atoms with Gasteiger partial charge in [-0.2, -0.15) is 4.98 Å². The summed E-state index contributed by atoms with van der Waals surface area (Å²) in [6, 6.07) is 16.0. The summed E-state index contributed by atoms with van der Waals surface area (Å²) in [7, 11) is 3.26. The molecule has 0 atom stereocenters. The number of rotatable bonds is 8. The van der Waals surface area contributed by atoms with Gasteiger partial charge in [0.15, 0.2) is 11.5 Å². The molecule has 0 aliphatic rings. The third-order valence-electron chi connectivity index (χ3n) is 4.41. The number of nitrogens with one attached hydrogen (secondary N) is 2. The fourth-order valence-electron chi connectivity index (χ4n) is 2.97. The maximum atomic E-state index is 5.36.